The quantitative estimate of drug-likeness (QED) is 0.581. The van der Waals surface area contributed by atoms with E-state index < -0.39 is 0 Å². The van der Waals surface area contributed by atoms with Crippen molar-refractivity contribution in [2.75, 3.05) is 10.6 Å². The topological polar surface area (TPSA) is 71.3 Å². The van der Waals surface area contributed by atoms with Crippen molar-refractivity contribution >= 4 is 46.4 Å². The summed E-state index contributed by atoms with van der Waals surface area (Å²) in [6, 6.07) is 13.5. The minimum Gasteiger partial charge on any atom is -0.461 e. The number of benzene rings is 2. The Morgan fingerprint density at radius 3 is 2.00 bits per heavy atom. The van der Waals surface area contributed by atoms with Gasteiger partial charge < -0.3 is 15.1 Å². The van der Waals surface area contributed by atoms with Gasteiger partial charge in [-0.2, -0.15) is 0 Å². The molecule has 2 N–H and O–H groups in total. The second kappa shape index (κ2) is 7.86. The lowest BCUT2D eigenvalue weighted by Crippen LogP contribution is -2.12. The number of rotatable bonds is 4. The average Bonchev–Trinajstić information content (AvgIpc) is 2.97. The predicted octanol–water partition coefficient (Wildman–Crippen LogP) is 5.77. The van der Waals surface area contributed by atoms with Gasteiger partial charge in [-0.25, -0.2) is 0 Å². The number of hydrogen-bond acceptors (Lipinski definition) is 3. The zero-order chi connectivity index (χ0) is 19.6. The number of hydrogen-bond donors (Lipinski definition) is 2. The van der Waals surface area contributed by atoms with Gasteiger partial charge in [-0.3, -0.25) is 9.59 Å². The smallest absolute Gasteiger partial charge is 0.259 e. The molecule has 0 aliphatic carbocycles. The van der Waals surface area contributed by atoms with Gasteiger partial charge in [0.25, 0.3) is 5.91 Å². The molecule has 0 unspecified atom stereocenters. The molecule has 0 radical (unpaired) electrons. The lowest BCUT2D eigenvalue weighted by atomic mass is 10.1. The van der Waals surface area contributed by atoms with E-state index in [0.29, 0.717) is 44.1 Å². The molecule has 1 heterocycles. The molecule has 27 heavy (non-hydrogen) atoms. The van der Waals surface area contributed by atoms with Gasteiger partial charge in [-0.1, -0.05) is 23.2 Å². The zero-order valence-electron chi connectivity index (χ0n) is 14.6. The maximum Gasteiger partial charge on any atom is 0.259 e. The summed E-state index contributed by atoms with van der Waals surface area (Å²) in [6.07, 6.45) is 0. The van der Waals surface area contributed by atoms with Gasteiger partial charge in [0.15, 0.2) is 0 Å². The third-order valence-electron chi connectivity index (χ3n) is 3.77. The van der Waals surface area contributed by atoms with Crippen molar-refractivity contribution in [3.8, 4) is 11.3 Å². The van der Waals surface area contributed by atoms with Crippen LogP contribution in [0, 0.1) is 6.92 Å². The number of carbonyl (C=O) groups is 2. The Bertz CT molecular complexity index is 990. The van der Waals surface area contributed by atoms with Crippen molar-refractivity contribution < 1.29 is 14.0 Å². The molecule has 0 aliphatic heterocycles. The van der Waals surface area contributed by atoms with Crippen molar-refractivity contribution in [1.29, 1.82) is 0 Å². The first-order valence-corrected chi connectivity index (χ1v) is 8.83. The number of halogens is 2. The van der Waals surface area contributed by atoms with Crippen LogP contribution >= 0.6 is 23.2 Å². The fraction of sp³-hybridized carbons (Fsp3) is 0.100. The third-order valence-corrected chi connectivity index (χ3v) is 4.21. The molecule has 2 amide bonds. The Labute approximate surface area is 166 Å². The Kier molecular flexibility index (Phi) is 5.54. The van der Waals surface area contributed by atoms with Gasteiger partial charge in [0.05, 0.1) is 5.56 Å². The van der Waals surface area contributed by atoms with Gasteiger partial charge in [-0.05, 0) is 55.5 Å². The SMILES string of the molecule is CC(=O)Nc1ccc(NC(=O)c2cc(-c3cc(Cl)cc(Cl)c3)oc2C)cc1. The number of furan rings is 1. The Hall–Kier alpha value is -2.76. The van der Waals surface area contributed by atoms with Crippen LogP contribution in [0.3, 0.4) is 0 Å². The van der Waals surface area contributed by atoms with Crippen LogP contribution in [0.1, 0.15) is 23.0 Å². The summed E-state index contributed by atoms with van der Waals surface area (Å²) in [5.41, 5.74) is 2.35. The monoisotopic (exact) mass is 402 g/mol. The minimum absolute atomic E-state index is 0.158. The number of carbonyl (C=O) groups excluding carboxylic acids is 2. The highest BCUT2D eigenvalue weighted by Crippen LogP contribution is 2.30. The van der Waals surface area contributed by atoms with Crippen LogP contribution in [0.15, 0.2) is 52.9 Å². The molecule has 0 bridgehead atoms. The van der Waals surface area contributed by atoms with E-state index in [-0.39, 0.29) is 11.8 Å². The van der Waals surface area contributed by atoms with E-state index in [2.05, 4.69) is 10.6 Å². The Morgan fingerprint density at radius 2 is 1.44 bits per heavy atom. The first kappa shape index (κ1) is 19.0. The summed E-state index contributed by atoms with van der Waals surface area (Å²) in [4.78, 5) is 23.6. The van der Waals surface area contributed by atoms with Crippen LogP contribution in [0.25, 0.3) is 11.3 Å². The fourth-order valence-corrected chi connectivity index (χ4v) is 3.11. The summed E-state index contributed by atoms with van der Waals surface area (Å²) >= 11 is 12.1. The van der Waals surface area contributed by atoms with Gasteiger partial charge >= 0.3 is 0 Å². The van der Waals surface area contributed by atoms with Crippen LogP contribution in [0.5, 0.6) is 0 Å². The highest BCUT2D eigenvalue weighted by atomic mass is 35.5. The van der Waals surface area contributed by atoms with E-state index in [1.807, 2.05) is 0 Å². The summed E-state index contributed by atoms with van der Waals surface area (Å²) in [5, 5.41) is 6.44. The van der Waals surface area contributed by atoms with E-state index in [1.165, 1.54) is 6.92 Å². The highest BCUT2D eigenvalue weighted by Gasteiger charge is 2.17. The third kappa shape index (κ3) is 4.70. The molecule has 3 aromatic rings. The van der Waals surface area contributed by atoms with Crippen LogP contribution in [0.2, 0.25) is 10.0 Å². The predicted molar refractivity (Wildman–Crippen MR) is 108 cm³/mol. The first-order valence-electron chi connectivity index (χ1n) is 8.08. The lowest BCUT2D eigenvalue weighted by molar-refractivity contribution is -0.114. The first-order chi connectivity index (χ1) is 12.8. The molecule has 138 valence electrons. The van der Waals surface area contributed by atoms with Gasteiger partial charge in [0.1, 0.15) is 11.5 Å². The van der Waals surface area contributed by atoms with E-state index >= 15 is 0 Å². The Balaban J connectivity index is 1.79. The van der Waals surface area contributed by atoms with Crippen molar-refractivity contribution in [1.82, 2.24) is 0 Å². The maximum absolute atomic E-state index is 12.6. The van der Waals surface area contributed by atoms with Crippen molar-refractivity contribution in [2.24, 2.45) is 0 Å². The molecule has 0 fully saturated rings. The van der Waals surface area contributed by atoms with Gasteiger partial charge in [0.2, 0.25) is 5.91 Å². The molecule has 0 atom stereocenters. The highest BCUT2D eigenvalue weighted by molar-refractivity contribution is 6.35. The lowest BCUT2D eigenvalue weighted by Gasteiger charge is -2.06. The molecule has 7 heteroatoms. The number of nitrogens with one attached hydrogen (secondary N) is 2. The van der Waals surface area contributed by atoms with Crippen molar-refractivity contribution in [2.45, 2.75) is 13.8 Å². The number of aryl methyl sites for hydroxylation is 1. The summed E-state index contributed by atoms with van der Waals surface area (Å²) < 4.78 is 5.71. The van der Waals surface area contributed by atoms with Crippen molar-refractivity contribution in [3.05, 3.63) is 69.9 Å². The molecule has 5 nitrogen and oxygen atoms in total. The summed E-state index contributed by atoms with van der Waals surface area (Å²) in [6.45, 7) is 3.15. The second-order valence-corrected chi connectivity index (χ2v) is 6.82. The molecule has 2 aromatic carbocycles. The largest absolute Gasteiger partial charge is 0.461 e. The maximum atomic E-state index is 12.6. The minimum atomic E-state index is -0.303. The van der Waals surface area contributed by atoms with Gasteiger partial charge in [0, 0.05) is 33.9 Å². The van der Waals surface area contributed by atoms with E-state index in [0.717, 1.165) is 0 Å². The van der Waals surface area contributed by atoms with Crippen LogP contribution in [-0.4, -0.2) is 11.8 Å². The standard InChI is InChI=1S/C20H16Cl2N2O3/c1-11-18(10-19(27-11)13-7-14(21)9-15(22)8-13)20(26)24-17-5-3-16(4-6-17)23-12(2)25/h3-10H,1-2H3,(H,23,25)(H,24,26). The molecule has 0 aliphatic rings. The van der Waals surface area contributed by atoms with Crippen molar-refractivity contribution in [3.63, 3.8) is 0 Å². The number of amides is 2. The molecule has 0 saturated carbocycles. The molecular formula is C20H16Cl2N2O3. The van der Waals surface area contributed by atoms with Crippen LogP contribution in [0.4, 0.5) is 11.4 Å². The number of anilines is 2. The normalized spacial score (nSPS) is 10.5. The average molecular weight is 403 g/mol. The van der Waals surface area contributed by atoms with Crippen LogP contribution in [-0.2, 0) is 4.79 Å². The van der Waals surface area contributed by atoms with Gasteiger partial charge in [-0.15, -0.1) is 0 Å². The molecule has 3 rings (SSSR count). The second-order valence-electron chi connectivity index (χ2n) is 5.95. The summed E-state index contributed by atoms with van der Waals surface area (Å²) in [5.74, 6) is 0.522. The van der Waals surface area contributed by atoms with E-state index in [9.17, 15) is 9.59 Å². The summed E-state index contributed by atoms with van der Waals surface area (Å²) in [7, 11) is 0. The van der Waals surface area contributed by atoms with E-state index in [4.69, 9.17) is 27.6 Å². The zero-order valence-corrected chi connectivity index (χ0v) is 16.1. The fourth-order valence-electron chi connectivity index (χ4n) is 2.58. The van der Waals surface area contributed by atoms with Crippen LogP contribution < -0.4 is 10.6 Å². The Morgan fingerprint density at radius 1 is 0.889 bits per heavy atom. The van der Waals surface area contributed by atoms with E-state index in [1.54, 1.807) is 55.5 Å². The molecule has 1 aromatic heterocycles. The molecule has 0 spiro atoms. The molecular weight excluding hydrogens is 387 g/mol. The molecule has 0 saturated heterocycles.